The van der Waals surface area contributed by atoms with Crippen molar-refractivity contribution in [2.45, 2.75) is 65.3 Å². The van der Waals surface area contributed by atoms with E-state index >= 15 is 0 Å². The molecule has 0 N–H and O–H groups in total. The smallest absolute Gasteiger partial charge is 0.230 e. The van der Waals surface area contributed by atoms with Crippen LogP contribution in [-0.4, -0.2) is 11.9 Å². The highest BCUT2D eigenvalue weighted by Gasteiger charge is 2.31. The van der Waals surface area contributed by atoms with Gasteiger partial charge in [-0.3, -0.25) is 4.79 Å². The van der Waals surface area contributed by atoms with Crippen molar-refractivity contribution in [1.29, 1.82) is 0 Å². The minimum atomic E-state index is -0.214. The van der Waals surface area contributed by atoms with Crippen LogP contribution < -0.4 is 4.90 Å². The third-order valence-electron chi connectivity index (χ3n) is 4.56. The maximum Gasteiger partial charge on any atom is 0.230 e. The van der Waals surface area contributed by atoms with Crippen LogP contribution in [0.3, 0.4) is 0 Å². The summed E-state index contributed by atoms with van der Waals surface area (Å²) >= 11 is 0. The summed E-state index contributed by atoms with van der Waals surface area (Å²) in [5, 5.41) is 0. The van der Waals surface area contributed by atoms with Crippen LogP contribution in [0.5, 0.6) is 0 Å². The molecular weight excluding hydrogens is 265 g/mol. The number of aryl methyl sites for hydroxylation is 1. The molecule has 0 saturated carbocycles. The first kappa shape index (κ1) is 16.0. The van der Waals surface area contributed by atoms with Gasteiger partial charge < -0.3 is 4.90 Å². The predicted octanol–water partition coefficient (Wildman–Crippen LogP) is 4.71. The number of unbranched alkanes of at least 4 members (excludes halogenated alkanes) is 1. The van der Waals surface area contributed by atoms with Crippen LogP contribution >= 0.6 is 0 Å². The molecule has 2 unspecified atom stereocenters. The number of halogens is 1. The topological polar surface area (TPSA) is 20.3 Å². The van der Waals surface area contributed by atoms with E-state index in [-0.39, 0.29) is 23.7 Å². The number of benzene rings is 1. The van der Waals surface area contributed by atoms with Gasteiger partial charge in [-0.15, -0.1) is 0 Å². The lowest BCUT2D eigenvalue weighted by Gasteiger charge is -2.37. The fraction of sp³-hybridized carbons (Fsp3) is 0.611. The van der Waals surface area contributed by atoms with E-state index in [2.05, 4.69) is 20.8 Å². The van der Waals surface area contributed by atoms with E-state index in [1.165, 1.54) is 6.07 Å². The lowest BCUT2D eigenvalue weighted by Crippen LogP contribution is -2.45. The molecule has 1 aliphatic rings. The average Bonchev–Trinajstić information content (AvgIpc) is 2.48. The summed E-state index contributed by atoms with van der Waals surface area (Å²) in [5.74, 6) is 0.0862. The maximum absolute atomic E-state index is 13.4. The quantitative estimate of drug-likeness (QED) is 0.769. The molecule has 0 spiro atoms. The molecule has 1 aromatic carbocycles. The minimum Gasteiger partial charge on any atom is -0.309 e. The van der Waals surface area contributed by atoms with Gasteiger partial charge in [0.1, 0.15) is 5.82 Å². The van der Waals surface area contributed by atoms with E-state index in [4.69, 9.17) is 0 Å². The van der Waals surface area contributed by atoms with Crippen LogP contribution in [0.1, 0.15) is 58.4 Å². The molecule has 0 aromatic heterocycles. The molecule has 0 fully saturated rings. The van der Waals surface area contributed by atoms with E-state index in [1.54, 1.807) is 12.1 Å². The second kappa shape index (κ2) is 7.06. The first-order valence-corrected chi connectivity index (χ1v) is 8.20. The average molecular weight is 291 g/mol. The zero-order valence-electron chi connectivity index (χ0n) is 13.4. The summed E-state index contributed by atoms with van der Waals surface area (Å²) in [6.07, 6.45) is 5.78. The van der Waals surface area contributed by atoms with Crippen molar-refractivity contribution in [1.82, 2.24) is 0 Å². The third kappa shape index (κ3) is 3.45. The Morgan fingerprint density at radius 1 is 1.43 bits per heavy atom. The molecule has 1 amide bonds. The summed E-state index contributed by atoms with van der Waals surface area (Å²) < 4.78 is 13.4. The lowest BCUT2D eigenvalue weighted by atomic mass is 9.92. The number of nitrogens with zero attached hydrogens (tertiary/aromatic N) is 1. The van der Waals surface area contributed by atoms with Gasteiger partial charge in [-0.1, -0.05) is 26.7 Å². The number of carbonyl (C=O) groups is 1. The molecule has 2 atom stereocenters. The van der Waals surface area contributed by atoms with Gasteiger partial charge in [0.25, 0.3) is 0 Å². The first-order chi connectivity index (χ1) is 10.1. The van der Waals surface area contributed by atoms with E-state index in [9.17, 15) is 9.18 Å². The number of fused-ring (bicyclic) bond motifs is 1. The number of amides is 1. The Hall–Kier alpha value is -1.38. The predicted molar refractivity (Wildman–Crippen MR) is 85.0 cm³/mol. The molecule has 2 nitrogen and oxygen atoms in total. The Kier molecular flexibility index (Phi) is 5.38. The zero-order chi connectivity index (χ0) is 15.4. The van der Waals surface area contributed by atoms with Crippen molar-refractivity contribution in [2.75, 3.05) is 4.90 Å². The van der Waals surface area contributed by atoms with Crippen molar-refractivity contribution in [3.05, 3.63) is 29.6 Å². The first-order valence-electron chi connectivity index (χ1n) is 8.20. The molecule has 116 valence electrons. The van der Waals surface area contributed by atoms with Crippen molar-refractivity contribution in [3.63, 3.8) is 0 Å². The minimum absolute atomic E-state index is 0.0865. The Labute approximate surface area is 127 Å². The summed E-state index contributed by atoms with van der Waals surface area (Å²) in [6.45, 7) is 6.33. The van der Waals surface area contributed by atoms with Gasteiger partial charge in [-0.25, -0.2) is 4.39 Å². The van der Waals surface area contributed by atoms with Crippen LogP contribution in [-0.2, 0) is 11.2 Å². The Bertz CT molecular complexity index is 500. The summed E-state index contributed by atoms with van der Waals surface area (Å²) in [7, 11) is 0. The van der Waals surface area contributed by atoms with Crippen LogP contribution in [0.2, 0.25) is 0 Å². The Morgan fingerprint density at radius 3 is 2.86 bits per heavy atom. The normalized spacial score (nSPS) is 19.2. The lowest BCUT2D eigenvalue weighted by molar-refractivity contribution is -0.123. The monoisotopic (exact) mass is 291 g/mol. The van der Waals surface area contributed by atoms with Crippen molar-refractivity contribution in [2.24, 2.45) is 5.92 Å². The van der Waals surface area contributed by atoms with Crippen molar-refractivity contribution in [3.8, 4) is 0 Å². The highest BCUT2D eigenvalue weighted by atomic mass is 19.1. The largest absolute Gasteiger partial charge is 0.309 e. The third-order valence-corrected chi connectivity index (χ3v) is 4.56. The van der Waals surface area contributed by atoms with E-state index in [0.29, 0.717) is 0 Å². The van der Waals surface area contributed by atoms with Crippen molar-refractivity contribution >= 4 is 11.6 Å². The SMILES string of the molecule is CCCCC(CC)C(=O)N1c2ccc(F)cc2CCC1C. The molecule has 3 heteroatoms. The van der Waals surface area contributed by atoms with Gasteiger partial charge in [0, 0.05) is 17.6 Å². The van der Waals surface area contributed by atoms with Crippen LogP contribution in [0.4, 0.5) is 10.1 Å². The summed E-state index contributed by atoms with van der Waals surface area (Å²) in [4.78, 5) is 14.8. The second-order valence-electron chi connectivity index (χ2n) is 6.12. The Balaban J connectivity index is 2.27. The van der Waals surface area contributed by atoms with Gasteiger partial charge in [0.05, 0.1) is 0 Å². The van der Waals surface area contributed by atoms with E-state index in [1.807, 2.05) is 4.90 Å². The number of hydrogen-bond donors (Lipinski definition) is 0. The van der Waals surface area contributed by atoms with Gasteiger partial charge in [0.15, 0.2) is 0 Å². The molecule has 1 heterocycles. The molecule has 1 aromatic rings. The molecule has 0 aliphatic carbocycles. The second-order valence-corrected chi connectivity index (χ2v) is 6.12. The van der Waals surface area contributed by atoms with Crippen LogP contribution in [0.25, 0.3) is 0 Å². The molecule has 0 radical (unpaired) electrons. The van der Waals surface area contributed by atoms with Gasteiger partial charge in [-0.2, -0.15) is 0 Å². The molecule has 0 saturated heterocycles. The van der Waals surface area contributed by atoms with Gasteiger partial charge >= 0.3 is 0 Å². The fourth-order valence-corrected chi connectivity index (χ4v) is 3.21. The van der Waals surface area contributed by atoms with E-state index in [0.717, 1.165) is 49.8 Å². The number of rotatable bonds is 5. The van der Waals surface area contributed by atoms with Gasteiger partial charge in [-0.05, 0) is 56.4 Å². The number of hydrogen-bond acceptors (Lipinski definition) is 1. The highest BCUT2D eigenvalue weighted by Crippen LogP contribution is 2.33. The van der Waals surface area contributed by atoms with Crippen LogP contribution in [0.15, 0.2) is 18.2 Å². The summed E-state index contributed by atoms with van der Waals surface area (Å²) in [6, 6.07) is 5.01. The Morgan fingerprint density at radius 2 is 2.19 bits per heavy atom. The van der Waals surface area contributed by atoms with E-state index < -0.39 is 0 Å². The molecule has 1 aliphatic heterocycles. The van der Waals surface area contributed by atoms with Gasteiger partial charge in [0.2, 0.25) is 5.91 Å². The van der Waals surface area contributed by atoms with Crippen LogP contribution in [0, 0.1) is 11.7 Å². The highest BCUT2D eigenvalue weighted by molar-refractivity contribution is 5.96. The molecule has 2 rings (SSSR count). The van der Waals surface area contributed by atoms with Crippen molar-refractivity contribution < 1.29 is 9.18 Å². The summed E-state index contributed by atoms with van der Waals surface area (Å²) in [5.41, 5.74) is 1.88. The number of carbonyl (C=O) groups excluding carboxylic acids is 1. The maximum atomic E-state index is 13.4. The fourth-order valence-electron chi connectivity index (χ4n) is 3.21. The zero-order valence-corrected chi connectivity index (χ0v) is 13.4. The molecule has 21 heavy (non-hydrogen) atoms. The molecule has 0 bridgehead atoms. The molecular formula is C18H26FNO. The standard InChI is InChI=1S/C18H26FNO/c1-4-6-7-14(5-2)18(21)20-13(3)8-9-15-12-16(19)10-11-17(15)20/h10-14H,4-9H2,1-3H3. The number of anilines is 1.